The van der Waals surface area contributed by atoms with E-state index in [1.807, 2.05) is 19.1 Å². The van der Waals surface area contributed by atoms with Gasteiger partial charge in [-0.3, -0.25) is 19.7 Å². The Morgan fingerprint density at radius 1 is 1.15 bits per heavy atom. The molecule has 1 aliphatic rings. The van der Waals surface area contributed by atoms with Gasteiger partial charge in [-0.15, -0.1) is 10.2 Å². The summed E-state index contributed by atoms with van der Waals surface area (Å²) in [5, 5.41) is 11.8. The summed E-state index contributed by atoms with van der Waals surface area (Å²) in [6, 6.07) is 3.94. The minimum absolute atomic E-state index is 0.174. The summed E-state index contributed by atoms with van der Waals surface area (Å²) in [5.74, 6) is 0.174. The maximum absolute atomic E-state index is 12.4. The molecule has 0 aromatic carbocycles. The molecule has 0 atom stereocenters. The van der Waals surface area contributed by atoms with Gasteiger partial charge in [0.25, 0.3) is 0 Å². The van der Waals surface area contributed by atoms with Gasteiger partial charge in [0.1, 0.15) is 10.7 Å². The quantitative estimate of drug-likeness (QED) is 0.679. The average Bonchev–Trinajstić information content (AvgIpc) is 3.08. The lowest BCUT2D eigenvalue weighted by atomic mass is 10.1. The maximum Gasteiger partial charge on any atom is 0.166 e. The first kappa shape index (κ1) is 17.1. The number of pyridine rings is 2. The number of ether oxygens (including phenoxy) is 1. The van der Waals surface area contributed by atoms with Crippen molar-refractivity contribution in [2.24, 2.45) is 0 Å². The Kier molecular flexibility index (Phi) is 4.96. The first-order valence-electron chi connectivity index (χ1n) is 8.54. The summed E-state index contributed by atoms with van der Waals surface area (Å²) in [4.78, 5) is 23.3. The van der Waals surface area contributed by atoms with Gasteiger partial charge in [-0.25, -0.2) is 0 Å². The molecule has 8 heteroatoms. The Hall–Kier alpha value is -2.29. The largest absolute Gasteiger partial charge is 0.379 e. The minimum Gasteiger partial charge on any atom is -0.379 e. The van der Waals surface area contributed by atoms with Crippen molar-refractivity contribution in [2.45, 2.75) is 13.3 Å². The van der Waals surface area contributed by atoms with Crippen LogP contribution in [0.4, 0.5) is 0 Å². The van der Waals surface area contributed by atoms with Crippen LogP contribution in [0.15, 0.2) is 24.5 Å². The van der Waals surface area contributed by atoms with Gasteiger partial charge in [0.2, 0.25) is 0 Å². The van der Waals surface area contributed by atoms with Crippen molar-refractivity contribution < 1.29 is 9.53 Å². The number of aromatic nitrogens is 4. The number of carbonyl (C=O) groups is 1. The zero-order valence-corrected chi connectivity index (χ0v) is 15.3. The van der Waals surface area contributed by atoms with Crippen molar-refractivity contribution in [3.63, 3.8) is 0 Å². The molecule has 7 nitrogen and oxygen atoms in total. The standard InChI is InChI=1S/C18H19N5O2S/c1-12-21-22-18(26-12)17-7-13-6-15(19-9-14(13)10-20-17)8-16(24)11-23-2-4-25-5-3-23/h6-7,9-10H,2-5,8,11H2,1H3. The normalized spacial score (nSPS) is 15.4. The Morgan fingerprint density at radius 3 is 2.73 bits per heavy atom. The third-order valence-corrected chi connectivity index (χ3v) is 5.15. The number of morpholine rings is 1. The number of hydrogen-bond acceptors (Lipinski definition) is 8. The highest BCUT2D eigenvalue weighted by Gasteiger charge is 2.15. The van der Waals surface area contributed by atoms with Gasteiger partial charge in [0, 0.05) is 36.6 Å². The van der Waals surface area contributed by atoms with Crippen LogP contribution in [0.25, 0.3) is 21.5 Å². The van der Waals surface area contributed by atoms with E-state index in [-0.39, 0.29) is 5.78 Å². The van der Waals surface area contributed by atoms with E-state index in [4.69, 9.17) is 4.74 Å². The number of nitrogens with zero attached hydrogens (tertiary/aromatic N) is 5. The second-order valence-corrected chi connectivity index (χ2v) is 7.50. The molecule has 134 valence electrons. The van der Waals surface area contributed by atoms with Crippen molar-refractivity contribution in [2.75, 3.05) is 32.8 Å². The third-order valence-electron chi connectivity index (χ3n) is 4.29. The first-order chi connectivity index (χ1) is 12.7. The van der Waals surface area contributed by atoms with E-state index in [0.29, 0.717) is 26.2 Å². The highest BCUT2D eigenvalue weighted by atomic mass is 32.1. The topological polar surface area (TPSA) is 81.1 Å². The number of fused-ring (bicyclic) bond motifs is 1. The van der Waals surface area contributed by atoms with Crippen LogP contribution in [0.3, 0.4) is 0 Å². The van der Waals surface area contributed by atoms with Crippen LogP contribution >= 0.6 is 11.3 Å². The predicted molar refractivity (Wildman–Crippen MR) is 99.1 cm³/mol. The fourth-order valence-electron chi connectivity index (χ4n) is 2.96. The molecular formula is C18H19N5O2S. The van der Waals surface area contributed by atoms with E-state index in [1.54, 1.807) is 12.4 Å². The van der Waals surface area contributed by atoms with Crippen LogP contribution in [0.2, 0.25) is 0 Å². The van der Waals surface area contributed by atoms with Gasteiger partial charge < -0.3 is 4.74 Å². The molecule has 0 unspecified atom stereocenters. The Labute approximate surface area is 155 Å². The van der Waals surface area contributed by atoms with Crippen LogP contribution < -0.4 is 0 Å². The molecule has 0 aliphatic carbocycles. The van der Waals surface area contributed by atoms with E-state index < -0.39 is 0 Å². The number of hydrogen-bond donors (Lipinski definition) is 0. The molecule has 0 radical (unpaired) electrons. The number of aryl methyl sites for hydroxylation is 1. The van der Waals surface area contributed by atoms with Gasteiger partial charge in [-0.2, -0.15) is 0 Å². The zero-order valence-electron chi connectivity index (χ0n) is 14.5. The van der Waals surface area contributed by atoms with Crippen molar-refractivity contribution in [3.8, 4) is 10.7 Å². The predicted octanol–water partition coefficient (Wildman–Crippen LogP) is 1.90. The fourth-order valence-corrected chi connectivity index (χ4v) is 3.62. The fraction of sp³-hybridized carbons (Fsp3) is 0.389. The average molecular weight is 369 g/mol. The summed E-state index contributed by atoms with van der Waals surface area (Å²) in [6.45, 7) is 5.39. The SMILES string of the molecule is Cc1nnc(-c2cc3cc(CC(=O)CN4CCOCC4)ncc3cn2)s1. The van der Waals surface area contributed by atoms with Crippen molar-refractivity contribution in [1.82, 2.24) is 25.1 Å². The lowest BCUT2D eigenvalue weighted by molar-refractivity contribution is -0.120. The van der Waals surface area contributed by atoms with E-state index in [1.165, 1.54) is 11.3 Å². The number of rotatable bonds is 5. The molecule has 3 aromatic heterocycles. The molecule has 4 heterocycles. The Morgan fingerprint density at radius 2 is 1.96 bits per heavy atom. The zero-order chi connectivity index (χ0) is 17.9. The monoisotopic (exact) mass is 369 g/mol. The van der Waals surface area contributed by atoms with Crippen molar-refractivity contribution >= 4 is 27.9 Å². The molecule has 1 fully saturated rings. The number of ketones is 1. The van der Waals surface area contributed by atoms with E-state index in [9.17, 15) is 4.79 Å². The van der Waals surface area contributed by atoms with E-state index in [0.717, 1.165) is 45.3 Å². The van der Waals surface area contributed by atoms with Crippen LogP contribution in [0.5, 0.6) is 0 Å². The summed E-state index contributed by atoms with van der Waals surface area (Å²) >= 11 is 1.51. The summed E-state index contributed by atoms with van der Waals surface area (Å²) < 4.78 is 5.32. The molecule has 0 N–H and O–H groups in total. The molecule has 1 aliphatic heterocycles. The second-order valence-electron chi connectivity index (χ2n) is 6.32. The molecule has 3 aromatic rings. The van der Waals surface area contributed by atoms with Gasteiger partial charge in [0.15, 0.2) is 10.8 Å². The molecule has 26 heavy (non-hydrogen) atoms. The van der Waals surface area contributed by atoms with E-state index >= 15 is 0 Å². The van der Waals surface area contributed by atoms with Gasteiger partial charge in [-0.1, -0.05) is 11.3 Å². The molecular weight excluding hydrogens is 350 g/mol. The Balaban J connectivity index is 1.51. The number of carbonyl (C=O) groups excluding carboxylic acids is 1. The van der Waals surface area contributed by atoms with Gasteiger partial charge in [-0.05, 0) is 24.4 Å². The lowest BCUT2D eigenvalue weighted by Crippen LogP contribution is -2.39. The smallest absolute Gasteiger partial charge is 0.166 e. The highest BCUT2D eigenvalue weighted by molar-refractivity contribution is 7.14. The molecule has 0 spiro atoms. The summed E-state index contributed by atoms with van der Waals surface area (Å²) in [7, 11) is 0. The van der Waals surface area contributed by atoms with E-state index in [2.05, 4.69) is 25.1 Å². The van der Waals surface area contributed by atoms with Crippen molar-refractivity contribution in [1.29, 1.82) is 0 Å². The minimum atomic E-state index is 0.174. The molecule has 0 amide bonds. The summed E-state index contributed by atoms with van der Waals surface area (Å²) in [6.07, 6.45) is 3.89. The van der Waals surface area contributed by atoms with Crippen LogP contribution in [-0.2, 0) is 16.0 Å². The molecule has 4 rings (SSSR count). The van der Waals surface area contributed by atoms with Crippen LogP contribution in [0.1, 0.15) is 10.7 Å². The number of Topliss-reactive ketones (excluding diaryl/α,β-unsaturated/α-hetero) is 1. The van der Waals surface area contributed by atoms with Crippen LogP contribution in [0, 0.1) is 6.92 Å². The molecule has 0 saturated carbocycles. The highest BCUT2D eigenvalue weighted by Crippen LogP contribution is 2.24. The van der Waals surface area contributed by atoms with Crippen molar-refractivity contribution in [3.05, 3.63) is 35.2 Å². The second kappa shape index (κ2) is 7.53. The third kappa shape index (κ3) is 3.92. The Bertz CT molecular complexity index is 936. The molecule has 1 saturated heterocycles. The molecule has 0 bridgehead atoms. The lowest BCUT2D eigenvalue weighted by Gasteiger charge is -2.25. The maximum atomic E-state index is 12.4. The van der Waals surface area contributed by atoms with Crippen LogP contribution in [-0.4, -0.2) is 63.7 Å². The first-order valence-corrected chi connectivity index (χ1v) is 9.36. The van der Waals surface area contributed by atoms with Gasteiger partial charge >= 0.3 is 0 Å². The van der Waals surface area contributed by atoms with Gasteiger partial charge in [0.05, 0.1) is 26.2 Å². The summed E-state index contributed by atoms with van der Waals surface area (Å²) in [5.41, 5.74) is 1.57.